The normalized spacial score (nSPS) is 17.9. The zero-order chi connectivity index (χ0) is 26.1. The quantitative estimate of drug-likeness (QED) is 0.397. The second-order valence-corrected chi connectivity index (χ2v) is 11.0. The third kappa shape index (κ3) is 8.31. The number of benzene rings is 2. The van der Waals surface area contributed by atoms with Crippen LogP contribution < -0.4 is 5.73 Å². The van der Waals surface area contributed by atoms with Crippen LogP contribution >= 0.6 is 23.2 Å². The number of ketones is 1. The van der Waals surface area contributed by atoms with Gasteiger partial charge in [-0.25, -0.2) is 0 Å². The molecule has 0 spiro atoms. The van der Waals surface area contributed by atoms with E-state index in [1.54, 1.807) is 6.07 Å². The fourth-order valence-electron chi connectivity index (χ4n) is 5.06. The Bertz CT molecular complexity index is 999. The minimum absolute atomic E-state index is 0.0270. The van der Waals surface area contributed by atoms with Crippen LogP contribution in [-0.2, 0) is 22.4 Å². The molecule has 0 bridgehead atoms. The molecule has 196 valence electrons. The zero-order valence-corrected chi connectivity index (χ0v) is 23.0. The molecule has 1 aliphatic rings. The maximum Gasteiger partial charge on any atom is 0.237 e. The molecular weight excluding hydrogens is 493 g/mol. The van der Waals surface area contributed by atoms with Crippen molar-refractivity contribution < 1.29 is 9.59 Å². The lowest BCUT2D eigenvalue weighted by molar-refractivity contribution is -0.140. The van der Waals surface area contributed by atoms with Crippen LogP contribution in [0.15, 0.2) is 48.5 Å². The first-order chi connectivity index (χ1) is 17.3. The number of amides is 1. The van der Waals surface area contributed by atoms with Gasteiger partial charge in [0.15, 0.2) is 5.78 Å². The molecule has 36 heavy (non-hydrogen) atoms. The van der Waals surface area contributed by atoms with Gasteiger partial charge in [0.1, 0.15) is 0 Å². The van der Waals surface area contributed by atoms with Gasteiger partial charge in [-0.3, -0.25) is 14.5 Å². The number of hydrogen-bond donors (Lipinski definition) is 1. The first-order valence-electron chi connectivity index (χ1n) is 13.0. The van der Waals surface area contributed by atoms with Gasteiger partial charge < -0.3 is 10.6 Å². The second kappa shape index (κ2) is 14.1. The predicted octanol–water partition coefficient (Wildman–Crippen LogP) is 5.40. The summed E-state index contributed by atoms with van der Waals surface area (Å²) in [5.74, 6) is 0.435. The molecule has 5 nitrogen and oxygen atoms in total. The van der Waals surface area contributed by atoms with Crippen molar-refractivity contribution in [2.24, 2.45) is 11.7 Å². The van der Waals surface area contributed by atoms with Crippen LogP contribution in [0, 0.1) is 5.92 Å². The third-order valence-corrected chi connectivity index (χ3v) is 7.73. The lowest BCUT2D eigenvalue weighted by Gasteiger charge is -2.31. The minimum atomic E-state index is -0.409. The van der Waals surface area contributed by atoms with E-state index in [1.165, 1.54) is 5.56 Å². The van der Waals surface area contributed by atoms with Crippen molar-refractivity contribution in [3.05, 3.63) is 69.7 Å². The highest BCUT2D eigenvalue weighted by Gasteiger charge is 2.35. The summed E-state index contributed by atoms with van der Waals surface area (Å²) in [6.45, 7) is 6.29. The highest BCUT2D eigenvalue weighted by atomic mass is 35.5. The average Bonchev–Trinajstić information content (AvgIpc) is 3.00. The fraction of sp³-hybridized carbons (Fsp3) is 0.517. The number of hydrogen-bond acceptors (Lipinski definition) is 4. The van der Waals surface area contributed by atoms with E-state index in [0.29, 0.717) is 61.4 Å². The van der Waals surface area contributed by atoms with Crippen molar-refractivity contribution in [3.8, 4) is 0 Å². The molecular formula is C29H39Cl2N3O2. The van der Waals surface area contributed by atoms with Crippen LogP contribution in [0.4, 0.5) is 0 Å². The molecule has 2 aromatic carbocycles. The molecule has 1 unspecified atom stereocenters. The number of Topliss-reactive ketones (excluding diaryl/α,β-unsaturated/α-hetero) is 1. The standard InChI is InChI=1S/C29H39Cl2N3O2/c1-21(2)18-27(28(35)13-10-23-9-12-25(30)26(31)19-23)34-16-14-24(33(17-15-32)20-29(34)36)11-8-22-6-4-3-5-7-22/h3-7,9,12,19,21,24,27H,8,10-11,13-18,20,32H2,1-2H3/t24?,27-/m1/s1. The smallest absolute Gasteiger partial charge is 0.237 e. The molecule has 2 atom stereocenters. The monoisotopic (exact) mass is 531 g/mol. The second-order valence-electron chi connectivity index (χ2n) is 10.2. The van der Waals surface area contributed by atoms with Crippen molar-refractivity contribution in [3.63, 3.8) is 0 Å². The number of halogens is 2. The lowest BCUT2D eigenvalue weighted by Crippen LogP contribution is -2.48. The molecule has 1 heterocycles. The summed E-state index contributed by atoms with van der Waals surface area (Å²) in [4.78, 5) is 31.0. The molecule has 2 aromatic rings. The van der Waals surface area contributed by atoms with E-state index in [2.05, 4.69) is 43.0 Å². The average molecular weight is 533 g/mol. The van der Waals surface area contributed by atoms with E-state index >= 15 is 0 Å². The van der Waals surface area contributed by atoms with E-state index in [4.69, 9.17) is 28.9 Å². The summed E-state index contributed by atoms with van der Waals surface area (Å²) < 4.78 is 0. The topological polar surface area (TPSA) is 66.6 Å². The lowest BCUT2D eigenvalue weighted by atomic mass is 9.94. The van der Waals surface area contributed by atoms with Gasteiger partial charge in [-0.15, -0.1) is 0 Å². The molecule has 1 saturated heterocycles. The Morgan fingerprint density at radius 3 is 2.47 bits per heavy atom. The summed E-state index contributed by atoms with van der Waals surface area (Å²) >= 11 is 12.2. The van der Waals surface area contributed by atoms with E-state index in [-0.39, 0.29) is 17.7 Å². The van der Waals surface area contributed by atoms with Gasteiger partial charge in [0.05, 0.1) is 22.6 Å². The summed E-state index contributed by atoms with van der Waals surface area (Å²) in [5, 5.41) is 0.994. The zero-order valence-electron chi connectivity index (χ0n) is 21.5. The summed E-state index contributed by atoms with van der Waals surface area (Å²) in [6, 6.07) is 15.8. The highest BCUT2D eigenvalue weighted by molar-refractivity contribution is 6.42. The van der Waals surface area contributed by atoms with E-state index in [9.17, 15) is 9.59 Å². The highest BCUT2D eigenvalue weighted by Crippen LogP contribution is 2.25. The number of rotatable bonds is 12. The molecule has 0 radical (unpaired) electrons. The molecule has 0 aliphatic carbocycles. The summed E-state index contributed by atoms with van der Waals surface area (Å²) in [7, 11) is 0. The van der Waals surface area contributed by atoms with Crippen molar-refractivity contribution >= 4 is 34.9 Å². The fourth-order valence-corrected chi connectivity index (χ4v) is 5.38. The number of aryl methyl sites for hydroxylation is 2. The van der Waals surface area contributed by atoms with Crippen LogP contribution in [0.2, 0.25) is 10.0 Å². The van der Waals surface area contributed by atoms with Crippen molar-refractivity contribution in [2.45, 2.75) is 64.5 Å². The molecule has 3 rings (SSSR count). The first kappa shape index (κ1) is 28.6. The Labute approximate surface area is 225 Å². The van der Waals surface area contributed by atoms with Crippen LogP contribution in [-0.4, -0.2) is 59.8 Å². The van der Waals surface area contributed by atoms with Crippen molar-refractivity contribution in [1.29, 1.82) is 0 Å². The van der Waals surface area contributed by atoms with Gasteiger partial charge >= 0.3 is 0 Å². The van der Waals surface area contributed by atoms with Crippen molar-refractivity contribution in [1.82, 2.24) is 9.80 Å². The van der Waals surface area contributed by atoms with Crippen LogP contribution in [0.1, 0.15) is 50.7 Å². The van der Waals surface area contributed by atoms with E-state index in [1.807, 2.05) is 23.1 Å². The molecule has 0 saturated carbocycles. The SMILES string of the molecule is CC(C)C[C@H](C(=O)CCc1ccc(Cl)c(Cl)c1)N1CCC(CCc2ccccc2)N(CCN)CC1=O. The molecule has 1 fully saturated rings. The van der Waals surface area contributed by atoms with E-state index < -0.39 is 6.04 Å². The molecule has 1 amide bonds. The van der Waals surface area contributed by atoms with Gasteiger partial charge in [0.25, 0.3) is 0 Å². The Kier molecular flexibility index (Phi) is 11.2. The molecule has 1 aliphatic heterocycles. The Balaban J connectivity index is 1.71. The Hall–Kier alpha value is -1.92. The van der Waals surface area contributed by atoms with Gasteiger partial charge in [0, 0.05) is 32.1 Å². The maximum absolute atomic E-state index is 13.5. The number of nitrogens with two attached hydrogens (primary N) is 1. The largest absolute Gasteiger partial charge is 0.331 e. The van der Waals surface area contributed by atoms with Crippen LogP contribution in [0.5, 0.6) is 0 Å². The number of carbonyl (C=O) groups excluding carboxylic acids is 2. The van der Waals surface area contributed by atoms with Gasteiger partial charge in [-0.05, 0) is 61.3 Å². The Morgan fingerprint density at radius 2 is 1.81 bits per heavy atom. The van der Waals surface area contributed by atoms with Gasteiger partial charge in [-0.1, -0.05) is 73.4 Å². The third-order valence-electron chi connectivity index (χ3n) is 6.99. The molecule has 0 aromatic heterocycles. The number of nitrogens with zero attached hydrogens (tertiary/aromatic N) is 2. The summed E-state index contributed by atoms with van der Waals surface area (Å²) in [6.07, 6.45) is 4.36. The minimum Gasteiger partial charge on any atom is -0.331 e. The van der Waals surface area contributed by atoms with Crippen LogP contribution in [0.25, 0.3) is 0 Å². The van der Waals surface area contributed by atoms with Gasteiger partial charge in [-0.2, -0.15) is 0 Å². The maximum atomic E-state index is 13.5. The van der Waals surface area contributed by atoms with Gasteiger partial charge in [0.2, 0.25) is 5.91 Å². The van der Waals surface area contributed by atoms with E-state index in [0.717, 1.165) is 24.8 Å². The molecule has 2 N–H and O–H groups in total. The Morgan fingerprint density at radius 1 is 1.06 bits per heavy atom. The molecule has 7 heteroatoms. The first-order valence-corrected chi connectivity index (χ1v) is 13.8. The number of carbonyl (C=O) groups is 2. The predicted molar refractivity (Wildman–Crippen MR) is 149 cm³/mol. The summed E-state index contributed by atoms with van der Waals surface area (Å²) in [5.41, 5.74) is 8.18. The van der Waals surface area contributed by atoms with Crippen LogP contribution in [0.3, 0.4) is 0 Å². The van der Waals surface area contributed by atoms with Crippen molar-refractivity contribution in [2.75, 3.05) is 26.2 Å².